The molecule has 0 aliphatic carbocycles. The van der Waals surface area contributed by atoms with E-state index >= 15 is 0 Å². The first kappa shape index (κ1) is 24.9. The highest BCUT2D eigenvalue weighted by atomic mass is 16.5. The SMILES string of the molecule is COc1ccc(NC(=O)N2CCCCN3C(CN)C(c4ccc(C#Cc5ccccc5)cc4)C3C2)cc1. The van der Waals surface area contributed by atoms with Crippen molar-refractivity contribution in [2.24, 2.45) is 5.73 Å². The van der Waals surface area contributed by atoms with E-state index in [0.29, 0.717) is 13.1 Å². The van der Waals surface area contributed by atoms with Crippen molar-refractivity contribution < 1.29 is 9.53 Å². The predicted octanol–water partition coefficient (Wildman–Crippen LogP) is 4.52. The second kappa shape index (κ2) is 11.5. The van der Waals surface area contributed by atoms with Crippen LogP contribution in [-0.2, 0) is 0 Å². The van der Waals surface area contributed by atoms with E-state index in [2.05, 4.69) is 46.3 Å². The minimum atomic E-state index is -0.0616. The summed E-state index contributed by atoms with van der Waals surface area (Å²) in [5.41, 5.74) is 10.3. The summed E-state index contributed by atoms with van der Waals surface area (Å²) in [6.07, 6.45) is 2.04. The van der Waals surface area contributed by atoms with Gasteiger partial charge in [-0.3, -0.25) is 4.90 Å². The molecule has 3 aromatic carbocycles. The lowest BCUT2D eigenvalue weighted by Crippen LogP contribution is -2.68. The van der Waals surface area contributed by atoms with Crippen LogP contribution >= 0.6 is 0 Å². The molecule has 2 fully saturated rings. The van der Waals surface area contributed by atoms with E-state index in [4.69, 9.17) is 10.5 Å². The van der Waals surface area contributed by atoms with Crippen LogP contribution in [0.25, 0.3) is 0 Å². The summed E-state index contributed by atoms with van der Waals surface area (Å²) in [5, 5.41) is 3.06. The summed E-state index contributed by atoms with van der Waals surface area (Å²) >= 11 is 0. The molecule has 2 saturated heterocycles. The number of benzene rings is 3. The normalized spacial score (nSPS) is 21.4. The van der Waals surface area contributed by atoms with E-state index in [1.54, 1.807) is 7.11 Å². The number of rotatable bonds is 4. The molecule has 2 amide bonds. The van der Waals surface area contributed by atoms with Crippen LogP contribution in [0.4, 0.5) is 10.5 Å². The van der Waals surface area contributed by atoms with Crippen molar-refractivity contribution in [1.82, 2.24) is 9.80 Å². The van der Waals surface area contributed by atoms with Crippen molar-refractivity contribution in [3.8, 4) is 17.6 Å². The maximum absolute atomic E-state index is 13.2. The van der Waals surface area contributed by atoms with Crippen LogP contribution in [0.1, 0.15) is 35.4 Å². The lowest BCUT2D eigenvalue weighted by Gasteiger charge is -2.57. The van der Waals surface area contributed by atoms with Crippen molar-refractivity contribution in [3.63, 3.8) is 0 Å². The van der Waals surface area contributed by atoms with E-state index in [0.717, 1.165) is 48.5 Å². The molecule has 2 aliphatic heterocycles. The molecule has 0 bridgehead atoms. The monoisotopic (exact) mass is 494 g/mol. The number of nitrogens with one attached hydrogen (secondary N) is 1. The summed E-state index contributed by atoms with van der Waals surface area (Å²) < 4.78 is 5.22. The van der Waals surface area contributed by atoms with Gasteiger partial charge in [-0.15, -0.1) is 0 Å². The summed E-state index contributed by atoms with van der Waals surface area (Å²) in [5.74, 6) is 7.54. The van der Waals surface area contributed by atoms with Crippen molar-refractivity contribution in [1.29, 1.82) is 0 Å². The fraction of sp³-hybridized carbons (Fsp3) is 0.323. The van der Waals surface area contributed by atoms with Gasteiger partial charge in [-0.1, -0.05) is 42.2 Å². The van der Waals surface area contributed by atoms with E-state index in [9.17, 15) is 4.79 Å². The molecule has 3 N–H and O–H groups in total. The maximum atomic E-state index is 13.2. The van der Waals surface area contributed by atoms with Gasteiger partial charge in [0.05, 0.1) is 7.11 Å². The highest BCUT2D eigenvalue weighted by Crippen LogP contribution is 2.41. The highest BCUT2D eigenvalue weighted by Gasteiger charge is 2.49. The average molecular weight is 495 g/mol. The van der Waals surface area contributed by atoms with Crippen molar-refractivity contribution in [2.75, 3.05) is 38.6 Å². The number of nitrogens with two attached hydrogens (primary N) is 1. The van der Waals surface area contributed by atoms with Crippen LogP contribution in [0, 0.1) is 11.8 Å². The maximum Gasteiger partial charge on any atom is 0.321 e. The lowest BCUT2D eigenvalue weighted by molar-refractivity contribution is -0.0305. The van der Waals surface area contributed by atoms with E-state index < -0.39 is 0 Å². The topological polar surface area (TPSA) is 70.8 Å². The third-order valence-electron chi connectivity index (χ3n) is 7.47. The van der Waals surface area contributed by atoms with Crippen LogP contribution in [0.15, 0.2) is 78.9 Å². The van der Waals surface area contributed by atoms with Crippen LogP contribution in [0.2, 0.25) is 0 Å². The number of ether oxygens (including phenoxy) is 1. The number of carbonyl (C=O) groups is 1. The molecule has 2 heterocycles. The zero-order chi connectivity index (χ0) is 25.6. The summed E-state index contributed by atoms with van der Waals surface area (Å²) in [4.78, 5) is 17.7. The fourth-order valence-corrected chi connectivity index (χ4v) is 5.52. The molecule has 3 aromatic rings. The first-order valence-electron chi connectivity index (χ1n) is 13.0. The van der Waals surface area contributed by atoms with Crippen LogP contribution in [0.5, 0.6) is 5.75 Å². The number of nitrogens with zero attached hydrogens (tertiary/aromatic N) is 2. The largest absolute Gasteiger partial charge is 0.497 e. The number of anilines is 1. The summed E-state index contributed by atoms with van der Waals surface area (Å²) in [6.45, 7) is 3.06. The average Bonchev–Trinajstić information content (AvgIpc) is 2.92. The molecule has 2 aliphatic rings. The Balaban J connectivity index is 1.30. The van der Waals surface area contributed by atoms with Crippen LogP contribution in [0.3, 0.4) is 0 Å². The van der Waals surface area contributed by atoms with Gasteiger partial charge in [0.25, 0.3) is 0 Å². The minimum absolute atomic E-state index is 0.0616. The molecule has 0 radical (unpaired) electrons. The Morgan fingerprint density at radius 2 is 1.62 bits per heavy atom. The highest BCUT2D eigenvalue weighted by molar-refractivity contribution is 5.89. The van der Waals surface area contributed by atoms with Gasteiger partial charge in [-0.25, -0.2) is 4.79 Å². The number of fused-ring (bicyclic) bond motifs is 1. The minimum Gasteiger partial charge on any atom is -0.497 e. The summed E-state index contributed by atoms with van der Waals surface area (Å²) in [6, 6.07) is 26.5. The lowest BCUT2D eigenvalue weighted by atomic mass is 9.74. The number of amides is 2. The number of methoxy groups -OCH3 is 1. The first-order chi connectivity index (χ1) is 18.2. The van der Waals surface area contributed by atoms with Crippen molar-refractivity contribution in [3.05, 3.63) is 95.6 Å². The number of urea groups is 1. The van der Waals surface area contributed by atoms with Gasteiger partial charge in [-0.05, 0) is 73.5 Å². The zero-order valence-corrected chi connectivity index (χ0v) is 21.3. The number of hydrogen-bond donors (Lipinski definition) is 2. The molecule has 6 nitrogen and oxygen atoms in total. The van der Waals surface area contributed by atoms with E-state index in [1.165, 1.54) is 5.56 Å². The van der Waals surface area contributed by atoms with Crippen LogP contribution in [-0.4, -0.2) is 61.2 Å². The van der Waals surface area contributed by atoms with Gasteiger partial charge in [0, 0.05) is 54.5 Å². The predicted molar refractivity (Wildman–Crippen MR) is 148 cm³/mol. The third-order valence-corrected chi connectivity index (χ3v) is 7.47. The number of carbonyl (C=O) groups excluding carboxylic acids is 1. The Morgan fingerprint density at radius 3 is 2.30 bits per heavy atom. The first-order valence-corrected chi connectivity index (χ1v) is 13.0. The Kier molecular flexibility index (Phi) is 7.74. The Bertz CT molecular complexity index is 1250. The molecular formula is C31H34N4O2. The van der Waals surface area contributed by atoms with Gasteiger partial charge in [0.15, 0.2) is 0 Å². The molecule has 0 saturated carbocycles. The van der Waals surface area contributed by atoms with Gasteiger partial charge in [0.2, 0.25) is 0 Å². The van der Waals surface area contributed by atoms with Crippen molar-refractivity contribution in [2.45, 2.75) is 30.8 Å². The molecule has 0 aromatic heterocycles. The standard InChI is InChI=1S/C31H34N4O2/c1-37-27-17-15-26(16-18-27)33-31(36)34-19-5-6-20-35-28(21-32)30(29(35)22-34)25-13-11-24(12-14-25)10-9-23-7-3-2-4-8-23/h2-4,7-8,11-18,28-30H,5-6,19-22,32H2,1H3,(H,33,36). The van der Waals surface area contributed by atoms with E-state index in [-0.39, 0.29) is 24.0 Å². The van der Waals surface area contributed by atoms with Gasteiger partial charge >= 0.3 is 6.03 Å². The molecule has 190 valence electrons. The van der Waals surface area contributed by atoms with Crippen LogP contribution < -0.4 is 15.8 Å². The molecular weight excluding hydrogens is 460 g/mol. The zero-order valence-electron chi connectivity index (χ0n) is 21.3. The quantitative estimate of drug-likeness (QED) is 0.524. The molecule has 0 spiro atoms. The molecule has 3 unspecified atom stereocenters. The fourth-order valence-electron chi connectivity index (χ4n) is 5.52. The Labute approximate surface area is 219 Å². The number of hydrogen-bond acceptors (Lipinski definition) is 4. The van der Waals surface area contributed by atoms with E-state index in [1.807, 2.05) is 59.5 Å². The van der Waals surface area contributed by atoms with Gasteiger partial charge in [-0.2, -0.15) is 0 Å². The molecule has 5 rings (SSSR count). The second-order valence-corrected chi connectivity index (χ2v) is 9.68. The third kappa shape index (κ3) is 5.64. The Morgan fingerprint density at radius 1 is 0.946 bits per heavy atom. The molecule has 37 heavy (non-hydrogen) atoms. The molecule has 3 atom stereocenters. The summed E-state index contributed by atoms with van der Waals surface area (Å²) in [7, 11) is 1.63. The smallest absolute Gasteiger partial charge is 0.321 e. The molecule has 6 heteroatoms. The van der Waals surface area contributed by atoms with Crippen molar-refractivity contribution >= 4 is 11.7 Å². The van der Waals surface area contributed by atoms with Gasteiger partial charge < -0.3 is 20.7 Å². The second-order valence-electron chi connectivity index (χ2n) is 9.68. The Hall–Kier alpha value is -3.79. The van der Waals surface area contributed by atoms with Gasteiger partial charge in [0.1, 0.15) is 5.75 Å².